The first-order valence-corrected chi connectivity index (χ1v) is 5.68. The van der Waals surface area contributed by atoms with E-state index in [0.29, 0.717) is 16.8 Å². The largest absolute Gasteiger partial charge is 0.324 e. The van der Waals surface area contributed by atoms with Crippen LogP contribution in [0.4, 0.5) is 5.69 Å². The van der Waals surface area contributed by atoms with Crippen molar-refractivity contribution >= 4 is 23.6 Å². The van der Waals surface area contributed by atoms with Crippen LogP contribution >= 0.6 is 0 Å². The van der Waals surface area contributed by atoms with Crippen LogP contribution < -0.4 is 11.1 Å². The van der Waals surface area contributed by atoms with Gasteiger partial charge in [-0.05, 0) is 6.07 Å². The predicted octanol–water partition coefficient (Wildman–Crippen LogP) is 1.42. The molecule has 18 heavy (non-hydrogen) atoms. The van der Waals surface area contributed by atoms with E-state index in [1.165, 1.54) is 0 Å². The Bertz CT molecular complexity index is 481. The van der Waals surface area contributed by atoms with E-state index < -0.39 is 0 Å². The van der Waals surface area contributed by atoms with Gasteiger partial charge in [-0.2, -0.15) is 0 Å². The molecule has 4 N–H and O–H groups in total. The van der Waals surface area contributed by atoms with Gasteiger partial charge in [0, 0.05) is 17.7 Å². The molecule has 0 saturated carbocycles. The summed E-state index contributed by atoms with van der Waals surface area (Å²) in [6, 6.07) is 4.99. The lowest BCUT2D eigenvalue weighted by atomic mass is 9.95. The van der Waals surface area contributed by atoms with E-state index >= 15 is 0 Å². The first-order chi connectivity index (χ1) is 8.51. The molecular weight excluding hydrogens is 230 g/mol. The number of hydrogen-bond acceptors (Lipinski definition) is 4. The minimum absolute atomic E-state index is 0.110. The van der Waals surface area contributed by atoms with E-state index in [0.717, 1.165) is 6.21 Å². The normalized spacial score (nSPS) is 10.2. The standard InChI is InChI=1S/C13H17N3O2/c1-8(2)13(18)12-9(6-14)4-3-5-10(12)16-11(17)7-15/h3-6,8,14H,7,15H2,1-2H3,(H,16,17). The smallest absolute Gasteiger partial charge is 0.238 e. The molecule has 0 aliphatic rings. The highest BCUT2D eigenvalue weighted by Crippen LogP contribution is 2.22. The average molecular weight is 247 g/mol. The Morgan fingerprint density at radius 3 is 2.61 bits per heavy atom. The van der Waals surface area contributed by atoms with Crippen LogP contribution in [-0.2, 0) is 4.79 Å². The molecule has 0 heterocycles. The molecule has 0 saturated heterocycles. The van der Waals surface area contributed by atoms with Crippen molar-refractivity contribution in [2.24, 2.45) is 11.7 Å². The van der Waals surface area contributed by atoms with Crippen LogP contribution in [0.1, 0.15) is 29.8 Å². The summed E-state index contributed by atoms with van der Waals surface area (Å²) in [7, 11) is 0. The number of amides is 1. The van der Waals surface area contributed by atoms with Crippen molar-refractivity contribution in [3.63, 3.8) is 0 Å². The highest BCUT2D eigenvalue weighted by molar-refractivity contribution is 6.10. The maximum Gasteiger partial charge on any atom is 0.238 e. The van der Waals surface area contributed by atoms with Crippen LogP contribution in [0, 0.1) is 11.3 Å². The Morgan fingerprint density at radius 2 is 2.11 bits per heavy atom. The average Bonchev–Trinajstić information content (AvgIpc) is 2.37. The third kappa shape index (κ3) is 3.01. The number of Topliss-reactive ketones (excluding diaryl/α,β-unsaturated/α-hetero) is 1. The summed E-state index contributed by atoms with van der Waals surface area (Å²) < 4.78 is 0. The van der Waals surface area contributed by atoms with E-state index in [1.54, 1.807) is 32.0 Å². The quantitative estimate of drug-likeness (QED) is 0.542. The molecular formula is C13H17N3O2. The summed E-state index contributed by atoms with van der Waals surface area (Å²) in [6.45, 7) is 3.40. The van der Waals surface area contributed by atoms with Crippen LogP contribution in [0.15, 0.2) is 18.2 Å². The van der Waals surface area contributed by atoms with Crippen LogP contribution in [0.5, 0.6) is 0 Å². The molecule has 5 nitrogen and oxygen atoms in total. The molecule has 0 unspecified atom stereocenters. The zero-order chi connectivity index (χ0) is 13.7. The summed E-state index contributed by atoms with van der Waals surface area (Å²) >= 11 is 0. The Kier molecular flexibility index (Phi) is 4.74. The Morgan fingerprint density at radius 1 is 1.44 bits per heavy atom. The van der Waals surface area contributed by atoms with Crippen molar-refractivity contribution in [3.8, 4) is 0 Å². The lowest BCUT2D eigenvalue weighted by molar-refractivity contribution is -0.114. The van der Waals surface area contributed by atoms with Crippen molar-refractivity contribution < 1.29 is 9.59 Å². The lowest BCUT2D eigenvalue weighted by Crippen LogP contribution is -2.24. The first kappa shape index (κ1) is 14.1. The molecule has 0 fully saturated rings. The van der Waals surface area contributed by atoms with Gasteiger partial charge in [0.15, 0.2) is 5.78 Å². The number of ketones is 1. The van der Waals surface area contributed by atoms with Crippen LogP contribution in [-0.4, -0.2) is 24.4 Å². The predicted molar refractivity (Wildman–Crippen MR) is 71.2 cm³/mol. The molecule has 5 heteroatoms. The van der Waals surface area contributed by atoms with Crippen LogP contribution in [0.3, 0.4) is 0 Å². The van der Waals surface area contributed by atoms with Gasteiger partial charge in [0.1, 0.15) is 0 Å². The molecule has 0 atom stereocenters. The topological polar surface area (TPSA) is 96.0 Å². The van der Waals surface area contributed by atoms with Gasteiger partial charge in [0.25, 0.3) is 0 Å². The zero-order valence-electron chi connectivity index (χ0n) is 10.5. The highest BCUT2D eigenvalue weighted by Gasteiger charge is 2.19. The monoisotopic (exact) mass is 247 g/mol. The van der Waals surface area contributed by atoms with E-state index in [9.17, 15) is 9.59 Å². The Labute approximate surface area is 106 Å². The molecule has 1 aromatic rings. The molecule has 0 spiro atoms. The van der Waals surface area contributed by atoms with E-state index in [-0.39, 0.29) is 24.2 Å². The summed E-state index contributed by atoms with van der Waals surface area (Å²) in [4.78, 5) is 23.4. The molecule has 0 aliphatic heterocycles. The van der Waals surface area contributed by atoms with Gasteiger partial charge in [0.2, 0.25) is 5.91 Å². The lowest BCUT2D eigenvalue weighted by Gasteiger charge is -2.14. The third-order valence-corrected chi connectivity index (χ3v) is 2.48. The summed E-state index contributed by atoms with van der Waals surface area (Å²) in [6.07, 6.45) is 1.10. The van der Waals surface area contributed by atoms with Gasteiger partial charge in [-0.3, -0.25) is 9.59 Å². The molecule has 1 rings (SSSR count). The van der Waals surface area contributed by atoms with Crippen LogP contribution in [0.2, 0.25) is 0 Å². The zero-order valence-corrected chi connectivity index (χ0v) is 10.5. The summed E-state index contributed by atoms with van der Waals surface area (Å²) in [5.74, 6) is -0.684. The maximum atomic E-state index is 12.1. The fraction of sp³-hybridized carbons (Fsp3) is 0.308. The molecule has 0 radical (unpaired) electrons. The van der Waals surface area contributed by atoms with Gasteiger partial charge < -0.3 is 16.5 Å². The number of hydrogen-bond donors (Lipinski definition) is 3. The molecule has 96 valence electrons. The van der Waals surface area contributed by atoms with Gasteiger partial charge in [-0.25, -0.2) is 0 Å². The number of nitrogens with two attached hydrogens (primary N) is 1. The SMILES string of the molecule is CC(C)C(=O)c1c(C=N)cccc1NC(=O)CN. The minimum Gasteiger partial charge on any atom is -0.324 e. The van der Waals surface area contributed by atoms with Gasteiger partial charge in [-0.1, -0.05) is 26.0 Å². The summed E-state index contributed by atoms with van der Waals surface area (Å²) in [5.41, 5.74) is 6.50. The fourth-order valence-electron chi connectivity index (χ4n) is 1.56. The fourth-order valence-corrected chi connectivity index (χ4v) is 1.56. The van der Waals surface area contributed by atoms with Crippen molar-refractivity contribution in [1.29, 1.82) is 5.41 Å². The van der Waals surface area contributed by atoms with E-state index in [2.05, 4.69) is 5.32 Å². The van der Waals surface area contributed by atoms with Crippen molar-refractivity contribution in [1.82, 2.24) is 0 Å². The number of carbonyl (C=O) groups is 2. The number of rotatable bonds is 5. The number of benzene rings is 1. The second-order valence-corrected chi connectivity index (χ2v) is 4.19. The molecule has 0 aromatic heterocycles. The molecule has 1 amide bonds. The number of nitrogens with one attached hydrogen (secondary N) is 2. The van der Waals surface area contributed by atoms with Gasteiger partial charge in [-0.15, -0.1) is 0 Å². The molecule has 0 bridgehead atoms. The Hall–Kier alpha value is -2.01. The van der Waals surface area contributed by atoms with E-state index in [4.69, 9.17) is 11.1 Å². The second kappa shape index (κ2) is 6.07. The maximum absolute atomic E-state index is 12.1. The van der Waals surface area contributed by atoms with Crippen molar-refractivity contribution in [2.45, 2.75) is 13.8 Å². The van der Waals surface area contributed by atoms with E-state index in [1.807, 2.05) is 0 Å². The molecule has 1 aromatic carbocycles. The highest BCUT2D eigenvalue weighted by atomic mass is 16.2. The first-order valence-electron chi connectivity index (χ1n) is 5.68. The van der Waals surface area contributed by atoms with Gasteiger partial charge in [0.05, 0.1) is 17.8 Å². The van der Waals surface area contributed by atoms with Crippen LogP contribution in [0.25, 0.3) is 0 Å². The Balaban J connectivity index is 3.29. The third-order valence-electron chi connectivity index (χ3n) is 2.48. The minimum atomic E-state index is -0.366. The van der Waals surface area contributed by atoms with Gasteiger partial charge >= 0.3 is 0 Å². The van der Waals surface area contributed by atoms with Crippen molar-refractivity contribution in [2.75, 3.05) is 11.9 Å². The summed E-state index contributed by atoms with van der Waals surface area (Å²) in [5, 5.41) is 9.91. The number of anilines is 1. The second-order valence-electron chi connectivity index (χ2n) is 4.19. The number of carbonyl (C=O) groups excluding carboxylic acids is 2. The molecule has 0 aliphatic carbocycles. The van der Waals surface area contributed by atoms with Crippen molar-refractivity contribution in [3.05, 3.63) is 29.3 Å².